The Hall–Kier alpha value is -6.60. The van der Waals surface area contributed by atoms with E-state index in [9.17, 15) is 68.4 Å². The molecule has 0 aliphatic carbocycles. The molecule has 0 radical (unpaired) electrons. The maximum Gasteiger partial charge on any atom is 0.326 e. The maximum atomic E-state index is 14.2. The van der Waals surface area contributed by atoms with E-state index in [2.05, 4.69) is 44.5 Å². The number of phenols is 2. The Bertz CT molecular complexity index is 2270. The first-order valence-electron chi connectivity index (χ1n) is 23.4. The summed E-state index contributed by atoms with van der Waals surface area (Å²) in [5.41, 5.74) is 6.84. The molecule has 0 saturated carbocycles. The maximum absolute atomic E-state index is 14.2. The van der Waals surface area contributed by atoms with Gasteiger partial charge in [0.05, 0.1) is 19.0 Å². The fourth-order valence-electron chi connectivity index (χ4n) is 8.21. The van der Waals surface area contributed by atoms with E-state index in [-0.39, 0.29) is 62.4 Å². The van der Waals surface area contributed by atoms with Crippen LogP contribution in [0.4, 0.5) is 0 Å². The number of carboxylic acid groups (broad SMARTS) is 2. The number of carbonyl (C=O) groups excluding carboxylic acids is 8. The van der Waals surface area contributed by atoms with Crippen LogP contribution in [0.5, 0.6) is 11.5 Å². The number of aromatic hydroxyl groups is 2. The van der Waals surface area contributed by atoms with Gasteiger partial charge in [0, 0.05) is 31.7 Å². The minimum absolute atomic E-state index is 0.0200. The average molecular weight is 1040 g/mol. The van der Waals surface area contributed by atoms with Crippen molar-refractivity contribution < 1.29 is 68.4 Å². The van der Waals surface area contributed by atoms with Crippen molar-refractivity contribution in [1.29, 1.82) is 0 Å². The predicted octanol–water partition coefficient (Wildman–Crippen LogP) is -1.37. The lowest BCUT2D eigenvalue weighted by molar-refractivity contribution is -0.143. The fraction of sp³-hybridized carbons (Fsp3) is 0.532. The summed E-state index contributed by atoms with van der Waals surface area (Å²) < 4.78 is 0. The molecule has 2 aromatic carbocycles. The number of benzene rings is 2. The number of thioether (sulfide) groups is 1. The summed E-state index contributed by atoms with van der Waals surface area (Å²) in [7, 11) is 0. The normalized spacial score (nSPS) is 17.9. The summed E-state index contributed by atoms with van der Waals surface area (Å²) in [6, 6.07) is 1.51. The van der Waals surface area contributed by atoms with E-state index in [1.807, 2.05) is 0 Å². The van der Waals surface area contributed by atoms with Crippen LogP contribution in [-0.4, -0.2) is 175 Å². The van der Waals surface area contributed by atoms with E-state index in [1.54, 1.807) is 20.1 Å². The smallest absolute Gasteiger partial charge is 0.326 e. The van der Waals surface area contributed by atoms with Crippen LogP contribution in [0.2, 0.25) is 0 Å². The number of nitrogens with zero attached hydrogens (tertiary/aromatic N) is 2. The molecule has 23 nitrogen and oxygen atoms in total. The molecule has 2 aliphatic heterocycles. The largest absolute Gasteiger partial charge is 0.508 e. The van der Waals surface area contributed by atoms with E-state index >= 15 is 0 Å². The Morgan fingerprint density at radius 1 is 0.681 bits per heavy atom. The van der Waals surface area contributed by atoms with E-state index in [1.165, 1.54) is 70.1 Å². The third kappa shape index (κ3) is 17.0. The summed E-state index contributed by atoms with van der Waals surface area (Å²) in [5.74, 6) is -9.23. The van der Waals surface area contributed by atoms with Crippen molar-refractivity contribution in [3.8, 4) is 11.5 Å². The van der Waals surface area contributed by atoms with Crippen molar-refractivity contribution >= 4 is 83.6 Å². The molecule has 2 aliphatic rings. The van der Waals surface area contributed by atoms with Crippen LogP contribution in [0.1, 0.15) is 63.5 Å². The average Bonchev–Trinajstić information content (AvgIpc) is 4.05. The molecule has 25 heteroatoms. The van der Waals surface area contributed by atoms with Crippen molar-refractivity contribution in [2.75, 3.05) is 37.4 Å². The molecule has 394 valence electrons. The van der Waals surface area contributed by atoms with Gasteiger partial charge < -0.3 is 67.9 Å². The molecular formula is C47H65N9O14S2. The van der Waals surface area contributed by atoms with Gasteiger partial charge in [0.1, 0.15) is 53.8 Å². The number of hydrogen-bond donors (Lipinski definition) is 12. The summed E-state index contributed by atoms with van der Waals surface area (Å²) >= 11 is 5.42. The Balaban J connectivity index is 1.46. The number of amides is 8. The SMILES string of the molecule is CSCC[C@H](NC(=O)[C@@H](NC(=O)[C@H](Cc1ccc(O)cc1)NC(=O)[C@@H]1CCCN1C(=O)CNC(=O)[C@H](CC(=O)O)NC(=O)[C@@H]1CCCN1C(=O)[C@@H](N)CS)C(C)C)C(=O)N[C@@H](Cc1ccc(O)cc1)C(=O)O. The van der Waals surface area contributed by atoms with E-state index in [4.69, 9.17) is 5.73 Å². The van der Waals surface area contributed by atoms with Crippen LogP contribution in [0.25, 0.3) is 0 Å². The lowest BCUT2D eigenvalue weighted by Gasteiger charge is -2.29. The molecule has 4 rings (SSSR count). The van der Waals surface area contributed by atoms with Gasteiger partial charge in [0.25, 0.3) is 0 Å². The zero-order valence-corrected chi connectivity index (χ0v) is 41.9. The van der Waals surface area contributed by atoms with Gasteiger partial charge in [-0.3, -0.25) is 43.2 Å². The van der Waals surface area contributed by atoms with E-state index in [0.717, 1.165) is 0 Å². The first-order chi connectivity index (χ1) is 34.1. The van der Waals surface area contributed by atoms with Crippen molar-refractivity contribution in [3.05, 3.63) is 59.7 Å². The second kappa shape index (κ2) is 27.9. The first kappa shape index (κ1) is 58.0. The number of nitrogens with two attached hydrogens (primary N) is 1. The first-order valence-corrected chi connectivity index (χ1v) is 25.4. The third-order valence-corrected chi connectivity index (χ3v) is 13.2. The number of rotatable bonds is 26. The number of aliphatic carboxylic acids is 2. The van der Waals surface area contributed by atoms with Crippen molar-refractivity contribution in [2.45, 2.75) is 114 Å². The Labute approximate surface area is 425 Å². The van der Waals surface area contributed by atoms with Gasteiger partial charge in [-0.25, -0.2) is 4.79 Å². The predicted molar refractivity (Wildman–Crippen MR) is 265 cm³/mol. The lowest BCUT2D eigenvalue weighted by Crippen LogP contribution is -2.60. The highest BCUT2D eigenvalue weighted by molar-refractivity contribution is 7.98. The van der Waals surface area contributed by atoms with E-state index < -0.39 is 126 Å². The van der Waals surface area contributed by atoms with Crippen LogP contribution in [0, 0.1) is 5.92 Å². The zero-order chi connectivity index (χ0) is 53.2. The summed E-state index contributed by atoms with van der Waals surface area (Å²) in [6.07, 6.45) is 1.95. The highest BCUT2D eigenvalue weighted by Gasteiger charge is 2.40. The molecule has 12 N–H and O–H groups in total. The Kier molecular flexibility index (Phi) is 22.4. The van der Waals surface area contributed by atoms with Crippen molar-refractivity contribution in [1.82, 2.24) is 41.7 Å². The molecule has 8 atom stereocenters. The number of carbonyl (C=O) groups is 10. The second-order valence-electron chi connectivity index (χ2n) is 17.9. The Morgan fingerprint density at radius 3 is 1.69 bits per heavy atom. The van der Waals surface area contributed by atoms with Gasteiger partial charge in [-0.15, -0.1) is 0 Å². The third-order valence-electron chi connectivity index (χ3n) is 12.1. The summed E-state index contributed by atoms with van der Waals surface area (Å²) in [4.78, 5) is 135. The van der Waals surface area contributed by atoms with Crippen LogP contribution in [-0.2, 0) is 60.8 Å². The number of hydrogen-bond acceptors (Lipinski definition) is 15. The van der Waals surface area contributed by atoms with Gasteiger partial charge >= 0.3 is 11.9 Å². The molecule has 2 aromatic rings. The molecule has 0 bridgehead atoms. The van der Waals surface area contributed by atoms with E-state index in [0.29, 0.717) is 29.7 Å². The van der Waals surface area contributed by atoms with Crippen LogP contribution < -0.4 is 37.6 Å². The molecule has 2 fully saturated rings. The van der Waals surface area contributed by atoms with Gasteiger partial charge in [0.2, 0.25) is 47.3 Å². The van der Waals surface area contributed by atoms with Crippen LogP contribution >= 0.6 is 24.4 Å². The topological polar surface area (TPSA) is 356 Å². The standard InChI is InChI=1S/C47H65N9O14S2/c1-25(2)39(45(67)50-31(16-19-72-3)41(63)53-34(47(69)70)21-27-10-14-29(58)15-11-27)54-42(64)32(20-26-8-12-28(57)13-9-26)51-43(65)35-6-4-17-55(35)37(59)23-49-40(62)33(22-38(60)61)52-44(66)36-7-5-18-56(36)46(68)30(48)24-71/h8-15,25,30-36,39,57-58,71H,4-7,16-24,48H2,1-3H3,(H,49,62)(H,50,67)(H,51,65)(H,52,66)(H,53,63)(H,54,64)(H,60,61)(H,69,70)/t30-,31-,32-,33-,34-,35-,36-,39-/m0/s1. The number of phenolic OH excluding ortho intramolecular Hbond substituents is 2. The highest BCUT2D eigenvalue weighted by Crippen LogP contribution is 2.21. The number of nitrogens with one attached hydrogen (secondary N) is 6. The molecule has 8 amide bonds. The molecule has 0 unspecified atom stereocenters. The van der Waals surface area contributed by atoms with Gasteiger partial charge in [0.15, 0.2) is 0 Å². The second-order valence-corrected chi connectivity index (χ2v) is 19.2. The molecule has 72 heavy (non-hydrogen) atoms. The minimum atomic E-state index is -1.64. The zero-order valence-electron chi connectivity index (χ0n) is 40.2. The highest BCUT2D eigenvalue weighted by atomic mass is 32.2. The van der Waals surface area contributed by atoms with Crippen molar-refractivity contribution in [3.63, 3.8) is 0 Å². The van der Waals surface area contributed by atoms with Crippen LogP contribution in [0.15, 0.2) is 48.5 Å². The number of carboxylic acids is 2. The number of thiol groups is 1. The van der Waals surface area contributed by atoms with Gasteiger partial charge in [-0.2, -0.15) is 24.4 Å². The minimum Gasteiger partial charge on any atom is -0.508 e. The molecular weight excluding hydrogens is 979 g/mol. The molecule has 0 spiro atoms. The summed E-state index contributed by atoms with van der Waals surface area (Å²) in [5, 5.41) is 54.3. The van der Waals surface area contributed by atoms with Gasteiger partial charge in [-0.05, 0) is 85.4 Å². The molecule has 2 saturated heterocycles. The lowest BCUT2D eigenvalue weighted by atomic mass is 10.00. The fourth-order valence-corrected chi connectivity index (χ4v) is 8.84. The Morgan fingerprint density at radius 2 is 1.18 bits per heavy atom. The van der Waals surface area contributed by atoms with Gasteiger partial charge in [-0.1, -0.05) is 38.1 Å². The molecule has 2 heterocycles. The quantitative estimate of drug-likeness (QED) is 0.0484. The monoisotopic (exact) mass is 1040 g/mol. The van der Waals surface area contributed by atoms with Crippen LogP contribution in [0.3, 0.4) is 0 Å². The van der Waals surface area contributed by atoms with Crippen molar-refractivity contribution in [2.24, 2.45) is 11.7 Å². The number of likely N-dealkylation sites (tertiary alicyclic amines) is 2. The molecule has 0 aromatic heterocycles. The summed E-state index contributed by atoms with van der Waals surface area (Å²) in [6.45, 7) is 2.87.